The Morgan fingerprint density at radius 3 is 2.54 bits per heavy atom. The topological polar surface area (TPSA) is 85.1 Å². The average molecular weight is 506 g/mol. The van der Waals surface area contributed by atoms with Crippen LogP contribution in [-0.4, -0.2) is 30.5 Å². The number of aromatic nitrogens is 5. The molecule has 0 unspecified atom stereocenters. The molecule has 1 amide bonds. The third-order valence-corrected chi connectivity index (χ3v) is 5.62. The Balaban J connectivity index is 1.25. The van der Waals surface area contributed by atoms with E-state index in [0.717, 1.165) is 23.3 Å². The molecule has 0 radical (unpaired) electrons. The molecule has 1 aromatic carbocycles. The van der Waals surface area contributed by atoms with E-state index in [-0.39, 0.29) is 17.7 Å². The van der Waals surface area contributed by atoms with Crippen LogP contribution in [0.15, 0.2) is 79.6 Å². The second-order valence-corrected chi connectivity index (χ2v) is 8.26. The van der Waals surface area contributed by atoms with Gasteiger partial charge in [0.1, 0.15) is 11.6 Å². The van der Waals surface area contributed by atoms with Gasteiger partial charge in [0.2, 0.25) is 5.91 Å². The molecule has 0 saturated carbocycles. The number of nitrogens with one attached hydrogen (secondary N) is 1. The smallest absolute Gasteiger partial charge is 0.324 e. The molecule has 0 aliphatic heterocycles. The van der Waals surface area contributed by atoms with Crippen LogP contribution in [0.2, 0.25) is 0 Å². The van der Waals surface area contributed by atoms with Crippen molar-refractivity contribution in [3.05, 3.63) is 108 Å². The van der Waals surface area contributed by atoms with Crippen LogP contribution in [0.5, 0.6) is 0 Å². The van der Waals surface area contributed by atoms with E-state index in [0.29, 0.717) is 29.6 Å². The molecule has 0 atom stereocenters. The number of hydrogen-bond acceptors (Lipinski definition) is 5. The van der Waals surface area contributed by atoms with Crippen LogP contribution < -0.4 is 5.32 Å². The van der Waals surface area contributed by atoms with E-state index in [1.54, 1.807) is 16.8 Å². The van der Waals surface area contributed by atoms with Crippen molar-refractivity contribution >= 4 is 17.1 Å². The number of nitrogens with zero attached hydrogens (tertiary/aromatic N) is 5. The highest BCUT2D eigenvalue weighted by atomic mass is 19.4. The largest absolute Gasteiger partial charge is 0.417 e. The lowest BCUT2D eigenvalue weighted by Gasteiger charge is -2.10. The van der Waals surface area contributed by atoms with Crippen LogP contribution in [0.4, 0.5) is 23.2 Å². The summed E-state index contributed by atoms with van der Waals surface area (Å²) in [5, 5.41) is 6.65. The summed E-state index contributed by atoms with van der Waals surface area (Å²) in [6.45, 7) is 0. The number of carbonyl (C=O) groups is 1. The zero-order chi connectivity index (χ0) is 26.0. The summed E-state index contributed by atoms with van der Waals surface area (Å²) in [6.07, 6.45) is 4.08. The number of amides is 1. The predicted octanol–water partition coefficient (Wildman–Crippen LogP) is 5.12. The number of pyridine rings is 2. The van der Waals surface area contributed by atoms with Gasteiger partial charge >= 0.3 is 6.18 Å². The number of halogens is 4. The molecule has 4 heterocycles. The number of anilines is 1. The lowest BCUT2D eigenvalue weighted by molar-refractivity contribution is -0.137. The summed E-state index contributed by atoms with van der Waals surface area (Å²) in [5.74, 6) is -0.626. The molecular formula is C26H18F4N6O. The highest BCUT2D eigenvalue weighted by Crippen LogP contribution is 2.30. The van der Waals surface area contributed by atoms with Crippen molar-refractivity contribution in [2.75, 3.05) is 5.32 Å². The molecule has 5 aromatic rings. The van der Waals surface area contributed by atoms with Crippen LogP contribution >= 0.6 is 0 Å². The summed E-state index contributed by atoms with van der Waals surface area (Å²) in [4.78, 5) is 24.5. The molecule has 4 aromatic heterocycles. The Labute approximate surface area is 207 Å². The molecule has 11 heteroatoms. The molecule has 186 valence electrons. The molecule has 0 aliphatic rings. The maximum Gasteiger partial charge on any atom is 0.417 e. The van der Waals surface area contributed by atoms with E-state index in [1.807, 2.05) is 24.4 Å². The Bertz CT molecular complexity index is 1580. The van der Waals surface area contributed by atoms with Crippen LogP contribution in [0.3, 0.4) is 0 Å². The number of benzene rings is 1. The van der Waals surface area contributed by atoms with Gasteiger partial charge in [-0.15, -0.1) is 0 Å². The predicted molar refractivity (Wildman–Crippen MR) is 127 cm³/mol. The van der Waals surface area contributed by atoms with Crippen molar-refractivity contribution in [2.24, 2.45) is 0 Å². The van der Waals surface area contributed by atoms with Gasteiger partial charge in [0, 0.05) is 47.9 Å². The van der Waals surface area contributed by atoms with E-state index in [9.17, 15) is 22.4 Å². The molecule has 0 saturated heterocycles. The van der Waals surface area contributed by atoms with Gasteiger partial charge in [0.25, 0.3) is 0 Å². The fourth-order valence-corrected chi connectivity index (χ4v) is 3.84. The Morgan fingerprint density at radius 1 is 0.973 bits per heavy atom. The van der Waals surface area contributed by atoms with Crippen molar-refractivity contribution < 1.29 is 22.4 Å². The van der Waals surface area contributed by atoms with Gasteiger partial charge in [-0.25, -0.2) is 18.9 Å². The molecule has 7 nitrogen and oxygen atoms in total. The number of rotatable bonds is 6. The number of alkyl halides is 3. The van der Waals surface area contributed by atoms with E-state index >= 15 is 0 Å². The monoisotopic (exact) mass is 506 g/mol. The zero-order valence-corrected chi connectivity index (χ0v) is 19.1. The minimum absolute atomic E-state index is 0.0988. The standard InChI is InChI=1S/C26H18F4N6O/c27-22-7-16(8-25(37)35-20-10-19(14-31-15-20)26(28,29)30)4-5-21(22)18-11-32-24(33-12-18)9-17-13-34-36-6-2-1-3-23(17)36/h1-7,10-15H,8-9H2,(H,35,37). The molecule has 1 N–H and O–H groups in total. The lowest BCUT2D eigenvalue weighted by Crippen LogP contribution is -2.15. The quantitative estimate of drug-likeness (QED) is 0.324. The molecule has 0 aliphatic carbocycles. The third kappa shape index (κ3) is 5.45. The van der Waals surface area contributed by atoms with Gasteiger partial charge in [0.05, 0.1) is 35.6 Å². The first-order chi connectivity index (χ1) is 17.8. The van der Waals surface area contributed by atoms with Crippen LogP contribution in [0.1, 0.15) is 22.5 Å². The molecule has 37 heavy (non-hydrogen) atoms. The van der Waals surface area contributed by atoms with Crippen molar-refractivity contribution in [1.82, 2.24) is 24.6 Å². The van der Waals surface area contributed by atoms with Gasteiger partial charge in [-0.05, 0) is 29.8 Å². The van der Waals surface area contributed by atoms with E-state index in [4.69, 9.17) is 0 Å². The first kappa shape index (κ1) is 24.0. The third-order valence-electron chi connectivity index (χ3n) is 5.62. The maximum atomic E-state index is 14.8. The average Bonchev–Trinajstić information content (AvgIpc) is 3.27. The van der Waals surface area contributed by atoms with E-state index < -0.39 is 23.5 Å². The fraction of sp³-hybridized carbons (Fsp3) is 0.115. The maximum absolute atomic E-state index is 14.8. The van der Waals surface area contributed by atoms with Crippen LogP contribution in [-0.2, 0) is 23.8 Å². The summed E-state index contributed by atoms with van der Waals surface area (Å²) < 4.78 is 55.1. The Hall–Kier alpha value is -4.67. The highest BCUT2D eigenvalue weighted by Gasteiger charge is 2.31. The van der Waals surface area contributed by atoms with Crippen molar-refractivity contribution in [2.45, 2.75) is 19.0 Å². The Morgan fingerprint density at radius 2 is 1.78 bits per heavy atom. The molecular weight excluding hydrogens is 488 g/mol. The minimum atomic E-state index is -4.58. The Kier molecular flexibility index (Phi) is 6.34. The second-order valence-electron chi connectivity index (χ2n) is 8.26. The lowest BCUT2D eigenvalue weighted by atomic mass is 10.0. The summed E-state index contributed by atoms with van der Waals surface area (Å²) >= 11 is 0. The molecule has 5 rings (SSSR count). The molecule has 0 bridgehead atoms. The summed E-state index contributed by atoms with van der Waals surface area (Å²) in [6, 6.07) is 10.8. The summed E-state index contributed by atoms with van der Waals surface area (Å²) in [5.41, 5.74) is 1.91. The van der Waals surface area contributed by atoms with Gasteiger partial charge in [0.15, 0.2) is 0 Å². The van der Waals surface area contributed by atoms with E-state index in [2.05, 4.69) is 25.4 Å². The van der Waals surface area contributed by atoms with Crippen molar-refractivity contribution in [1.29, 1.82) is 0 Å². The fourth-order valence-electron chi connectivity index (χ4n) is 3.84. The minimum Gasteiger partial charge on any atom is -0.324 e. The molecule has 0 fully saturated rings. The normalized spacial score (nSPS) is 11.6. The van der Waals surface area contributed by atoms with Crippen molar-refractivity contribution in [3.63, 3.8) is 0 Å². The number of hydrogen-bond donors (Lipinski definition) is 1. The first-order valence-electron chi connectivity index (χ1n) is 11.1. The SMILES string of the molecule is O=C(Cc1ccc(-c2cnc(Cc3cnn4ccccc34)nc2)c(F)c1)Nc1cncc(C(F)(F)F)c1. The number of carbonyl (C=O) groups excluding carboxylic acids is 1. The van der Waals surface area contributed by atoms with Gasteiger partial charge in [-0.3, -0.25) is 9.78 Å². The van der Waals surface area contributed by atoms with Gasteiger partial charge in [-0.2, -0.15) is 18.3 Å². The van der Waals surface area contributed by atoms with Crippen molar-refractivity contribution in [3.8, 4) is 11.1 Å². The summed E-state index contributed by atoms with van der Waals surface area (Å²) in [7, 11) is 0. The van der Waals surface area contributed by atoms with Gasteiger partial charge in [-0.1, -0.05) is 18.2 Å². The van der Waals surface area contributed by atoms with E-state index in [1.165, 1.54) is 24.5 Å². The van der Waals surface area contributed by atoms with Crippen LogP contribution in [0, 0.1) is 5.82 Å². The van der Waals surface area contributed by atoms with Gasteiger partial charge < -0.3 is 5.32 Å². The second kappa shape index (κ2) is 9.76. The zero-order valence-electron chi connectivity index (χ0n) is 19.1. The first-order valence-corrected chi connectivity index (χ1v) is 11.1. The molecule has 0 spiro atoms. The van der Waals surface area contributed by atoms with Crippen LogP contribution in [0.25, 0.3) is 16.6 Å². The highest BCUT2D eigenvalue weighted by molar-refractivity contribution is 5.92. The number of fused-ring (bicyclic) bond motifs is 1.